The Kier molecular flexibility index (Phi) is 6.93. The van der Waals surface area contributed by atoms with Crippen molar-refractivity contribution in [2.45, 2.75) is 31.3 Å². The van der Waals surface area contributed by atoms with Crippen LogP contribution in [0.1, 0.15) is 18.3 Å². The molecule has 1 N–H and O–H groups in total. The summed E-state index contributed by atoms with van der Waals surface area (Å²) in [5.74, 6) is 0.738. The van der Waals surface area contributed by atoms with Gasteiger partial charge < -0.3 is 9.88 Å². The molecule has 0 fully saturated rings. The van der Waals surface area contributed by atoms with Crippen LogP contribution in [0.25, 0.3) is 11.0 Å². The molecule has 0 saturated heterocycles. The van der Waals surface area contributed by atoms with Crippen LogP contribution in [0.2, 0.25) is 0 Å². The highest BCUT2D eigenvalue weighted by Gasteiger charge is 2.33. The van der Waals surface area contributed by atoms with Gasteiger partial charge in [0, 0.05) is 12.7 Å². The maximum atomic E-state index is 13.9. The zero-order chi connectivity index (χ0) is 26.7. The van der Waals surface area contributed by atoms with E-state index >= 15 is 0 Å². The van der Waals surface area contributed by atoms with Crippen molar-refractivity contribution in [3.63, 3.8) is 0 Å². The summed E-state index contributed by atoms with van der Waals surface area (Å²) in [5.41, 5.74) is 3.26. The maximum absolute atomic E-state index is 13.9. The van der Waals surface area contributed by atoms with Gasteiger partial charge in [-0.25, -0.2) is 18.4 Å². The first-order valence-electron chi connectivity index (χ1n) is 12.2. The van der Waals surface area contributed by atoms with Crippen molar-refractivity contribution in [3.05, 3.63) is 115 Å². The molecule has 1 amide bonds. The quantitative estimate of drug-likeness (QED) is 0.307. The SMILES string of the molecule is Cc1nc2ccccc2n1Cc1ccc(S(=O)(=O)N(c2ccccc2)[C@@H](C)C(=O)Nc2ccccn2)cc1. The first kappa shape index (κ1) is 25.2. The molecule has 0 spiro atoms. The number of sulfonamides is 1. The van der Waals surface area contributed by atoms with Crippen molar-refractivity contribution in [2.24, 2.45) is 0 Å². The van der Waals surface area contributed by atoms with Crippen LogP contribution in [-0.4, -0.2) is 34.9 Å². The molecule has 2 aromatic heterocycles. The van der Waals surface area contributed by atoms with Gasteiger partial charge in [0.2, 0.25) is 5.91 Å². The zero-order valence-corrected chi connectivity index (χ0v) is 21.8. The van der Waals surface area contributed by atoms with Gasteiger partial charge in [0.05, 0.1) is 21.6 Å². The van der Waals surface area contributed by atoms with Gasteiger partial charge in [-0.15, -0.1) is 0 Å². The molecule has 0 aliphatic rings. The minimum absolute atomic E-state index is 0.0924. The summed E-state index contributed by atoms with van der Waals surface area (Å²) in [6.07, 6.45) is 1.56. The van der Waals surface area contributed by atoms with E-state index in [0.717, 1.165) is 26.7 Å². The van der Waals surface area contributed by atoms with Crippen LogP contribution in [-0.2, 0) is 21.4 Å². The summed E-state index contributed by atoms with van der Waals surface area (Å²) in [7, 11) is -4.08. The number of para-hydroxylation sites is 3. The molecular formula is C29H27N5O3S. The molecule has 0 bridgehead atoms. The van der Waals surface area contributed by atoms with Gasteiger partial charge in [0.25, 0.3) is 10.0 Å². The number of hydrogen-bond donors (Lipinski definition) is 1. The standard InChI is InChI=1S/C29H27N5O3S/c1-21(29(35)32-28-14-8-9-19-30-28)34(24-10-4-3-5-11-24)38(36,37)25-17-15-23(16-18-25)20-33-22(2)31-26-12-6-7-13-27(26)33/h3-19,21H,20H2,1-2H3,(H,30,32,35)/t21-/m0/s1. The lowest BCUT2D eigenvalue weighted by atomic mass is 10.2. The summed E-state index contributed by atoms with van der Waals surface area (Å²) < 4.78 is 31.0. The number of rotatable bonds is 8. The van der Waals surface area contributed by atoms with Gasteiger partial charge >= 0.3 is 0 Å². The van der Waals surface area contributed by atoms with Crippen LogP contribution in [0.5, 0.6) is 0 Å². The van der Waals surface area contributed by atoms with Gasteiger partial charge in [-0.05, 0) is 67.9 Å². The molecule has 0 unspecified atom stereocenters. The highest BCUT2D eigenvalue weighted by atomic mass is 32.2. The summed E-state index contributed by atoms with van der Waals surface area (Å²) in [5, 5.41) is 2.70. The number of nitrogens with one attached hydrogen (secondary N) is 1. The number of imidazole rings is 1. The molecule has 5 rings (SSSR count). The fraction of sp³-hybridized carbons (Fsp3) is 0.138. The van der Waals surface area contributed by atoms with Gasteiger partial charge in [-0.2, -0.15) is 0 Å². The fourth-order valence-corrected chi connectivity index (χ4v) is 6.00. The predicted molar refractivity (Wildman–Crippen MR) is 148 cm³/mol. The van der Waals surface area contributed by atoms with Gasteiger partial charge in [-0.3, -0.25) is 9.10 Å². The Labute approximate surface area is 221 Å². The highest BCUT2D eigenvalue weighted by Crippen LogP contribution is 2.27. The maximum Gasteiger partial charge on any atom is 0.265 e. The second-order valence-electron chi connectivity index (χ2n) is 8.89. The Hall–Kier alpha value is -4.50. The third-order valence-corrected chi connectivity index (χ3v) is 8.24. The normalized spacial score (nSPS) is 12.3. The Bertz CT molecular complexity index is 1670. The first-order valence-corrected chi connectivity index (χ1v) is 13.6. The lowest BCUT2D eigenvalue weighted by Crippen LogP contribution is -2.46. The molecule has 2 heterocycles. The number of pyridine rings is 1. The Morgan fingerprint density at radius 3 is 2.32 bits per heavy atom. The molecule has 0 aliphatic carbocycles. The smallest absolute Gasteiger partial charge is 0.265 e. The van der Waals surface area contributed by atoms with E-state index < -0.39 is 22.0 Å². The van der Waals surface area contributed by atoms with Crippen LogP contribution in [0.4, 0.5) is 11.5 Å². The molecule has 9 heteroatoms. The topological polar surface area (TPSA) is 97.2 Å². The second-order valence-corrected chi connectivity index (χ2v) is 10.7. The first-order chi connectivity index (χ1) is 18.3. The molecule has 0 aliphatic heterocycles. The predicted octanol–water partition coefficient (Wildman–Crippen LogP) is 5.01. The van der Waals surface area contributed by atoms with Crippen LogP contribution < -0.4 is 9.62 Å². The number of anilines is 2. The number of benzene rings is 3. The lowest BCUT2D eigenvalue weighted by Gasteiger charge is -2.29. The molecule has 3 aromatic carbocycles. The number of amides is 1. The monoisotopic (exact) mass is 525 g/mol. The molecule has 0 saturated carbocycles. The Balaban J connectivity index is 1.44. The van der Waals surface area contributed by atoms with Crippen molar-refractivity contribution in [1.29, 1.82) is 0 Å². The van der Waals surface area contributed by atoms with E-state index in [0.29, 0.717) is 18.1 Å². The van der Waals surface area contributed by atoms with Crippen molar-refractivity contribution in [1.82, 2.24) is 14.5 Å². The van der Waals surface area contributed by atoms with Crippen molar-refractivity contribution >= 4 is 38.5 Å². The summed E-state index contributed by atoms with van der Waals surface area (Å²) in [4.78, 5) is 21.9. The zero-order valence-electron chi connectivity index (χ0n) is 21.0. The average Bonchev–Trinajstić information content (AvgIpc) is 3.24. The van der Waals surface area contributed by atoms with Gasteiger partial charge in [0.1, 0.15) is 17.7 Å². The van der Waals surface area contributed by atoms with Crippen LogP contribution >= 0.6 is 0 Å². The number of fused-ring (bicyclic) bond motifs is 1. The number of hydrogen-bond acceptors (Lipinski definition) is 5. The molecule has 1 atom stereocenters. The van der Waals surface area contributed by atoms with Crippen molar-refractivity contribution in [2.75, 3.05) is 9.62 Å². The van der Waals surface area contributed by atoms with Gasteiger partial charge in [-0.1, -0.05) is 48.5 Å². The van der Waals surface area contributed by atoms with Crippen molar-refractivity contribution in [3.8, 4) is 0 Å². The molecule has 5 aromatic rings. The molecule has 192 valence electrons. The van der Waals surface area contributed by atoms with Crippen LogP contribution in [0.3, 0.4) is 0 Å². The summed E-state index contributed by atoms with van der Waals surface area (Å²) >= 11 is 0. The largest absolute Gasteiger partial charge is 0.324 e. The number of carbonyl (C=O) groups is 1. The molecular weight excluding hydrogens is 498 g/mol. The highest BCUT2D eigenvalue weighted by molar-refractivity contribution is 7.93. The third-order valence-electron chi connectivity index (χ3n) is 6.32. The van der Waals surface area contributed by atoms with E-state index in [9.17, 15) is 13.2 Å². The van der Waals surface area contributed by atoms with Crippen LogP contribution in [0.15, 0.2) is 108 Å². The van der Waals surface area contributed by atoms with E-state index in [1.165, 1.54) is 0 Å². The average molecular weight is 526 g/mol. The van der Waals surface area contributed by atoms with E-state index in [1.54, 1.807) is 85.9 Å². The van der Waals surface area contributed by atoms with Gasteiger partial charge in [0.15, 0.2) is 0 Å². The van der Waals surface area contributed by atoms with E-state index in [4.69, 9.17) is 0 Å². The van der Waals surface area contributed by atoms with E-state index in [-0.39, 0.29) is 4.90 Å². The van der Waals surface area contributed by atoms with Crippen LogP contribution in [0, 0.1) is 6.92 Å². The lowest BCUT2D eigenvalue weighted by molar-refractivity contribution is -0.116. The number of aromatic nitrogens is 3. The Morgan fingerprint density at radius 2 is 1.61 bits per heavy atom. The fourth-order valence-electron chi connectivity index (χ4n) is 4.38. The van der Waals surface area contributed by atoms with E-state index in [2.05, 4.69) is 19.9 Å². The number of nitrogens with zero attached hydrogens (tertiary/aromatic N) is 4. The summed E-state index contributed by atoms with van der Waals surface area (Å²) in [6.45, 7) is 4.07. The minimum Gasteiger partial charge on any atom is -0.324 e. The second kappa shape index (κ2) is 10.5. The van der Waals surface area contributed by atoms with E-state index in [1.807, 2.05) is 31.2 Å². The number of aryl methyl sites for hydroxylation is 1. The minimum atomic E-state index is -4.08. The number of carbonyl (C=O) groups excluding carboxylic acids is 1. The third kappa shape index (κ3) is 5.01. The van der Waals surface area contributed by atoms with Crippen molar-refractivity contribution < 1.29 is 13.2 Å². The molecule has 38 heavy (non-hydrogen) atoms. The summed E-state index contributed by atoms with van der Waals surface area (Å²) in [6, 6.07) is 27.4. The molecule has 8 nitrogen and oxygen atoms in total. The Morgan fingerprint density at radius 1 is 0.921 bits per heavy atom. The molecule has 0 radical (unpaired) electrons.